The molecule has 0 aliphatic carbocycles. The number of hydrogen-bond donors (Lipinski definition) is 2. The third-order valence-electron chi connectivity index (χ3n) is 0.689. The smallest absolute Gasteiger partial charge is 0.203 e. The zero-order valence-corrected chi connectivity index (χ0v) is 5.39. The highest BCUT2D eigenvalue weighted by atomic mass is 32.1. The number of aromatic nitrogens is 2. The van der Waals surface area contributed by atoms with Gasteiger partial charge in [0.1, 0.15) is 11.6 Å². The lowest BCUT2D eigenvalue weighted by atomic mass is 10.8. The van der Waals surface area contributed by atoms with Crippen LogP contribution in [0.1, 0.15) is 5.01 Å². The Balaban J connectivity index is 2.61. The monoisotopic (exact) mass is 146 g/mol. The molecule has 0 fully saturated rings. The van der Waals surface area contributed by atoms with Crippen molar-refractivity contribution in [3.8, 4) is 0 Å². The summed E-state index contributed by atoms with van der Waals surface area (Å²) in [4.78, 5) is 4.29. The number of nitrogens with zero attached hydrogens (tertiary/aromatic N) is 2. The van der Waals surface area contributed by atoms with Gasteiger partial charge >= 0.3 is 0 Å². The van der Waals surface area contributed by atoms with Crippen LogP contribution in [0.25, 0.3) is 0 Å². The molecule has 0 radical (unpaired) electrons. The summed E-state index contributed by atoms with van der Waals surface area (Å²) >= 11 is 1.26. The summed E-state index contributed by atoms with van der Waals surface area (Å²) in [7, 11) is 0. The van der Waals surface area contributed by atoms with Gasteiger partial charge in [-0.15, -0.1) is 10.2 Å². The second-order valence-corrected chi connectivity index (χ2v) is 2.44. The lowest BCUT2D eigenvalue weighted by Crippen LogP contribution is -1.97. The zero-order chi connectivity index (χ0) is 6.69. The molecule has 1 heterocycles. The van der Waals surface area contributed by atoms with Crippen LogP contribution in [-0.2, 0) is 11.4 Å². The molecule has 9 heavy (non-hydrogen) atoms. The Hall–Kier alpha value is -0.720. The van der Waals surface area contributed by atoms with Crippen molar-refractivity contribution in [2.45, 2.75) is 6.61 Å². The number of nitrogen functional groups attached to an aromatic ring is 1. The molecule has 4 N–H and O–H groups in total. The number of hydrogen-bond acceptors (Lipinski definition) is 6. The molecule has 1 aromatic heterocycles. The Labute approximate surface area is 55.6 Å². The van der Waals surface area contributed by atoms with Crippen molar-refractivity contribution >= 4 is 16.5 Å². The van der Waals surface area contributed by atoms with Crippen LogP contribution in [0.4, 0.5) is 5.13 Å². The summed E-state index contributed by atoms with van der Waals surface area (Å²) < 4.78 is 0. The van der Waals surface area contributed by atoms with E-state index in [1.54, 1.807) is 0 Å². The average Bonchev–Trinajstić information content (AvgIpc) is 2.17. The van der Waals surface area contributed by atoms with E-state index in [9.17, 15) is 0 Å². The standard InChI is InChI=1S/C3H6N4OS/c4-3-7-6-2(9-3)1-8-5/h1,5H2,(H2,4,7). The Morgan fingerprint density at radius 2 is 2.33 bits per heavy atom. The van der Waals surface area contributed by atoms with E-state index in [0.29, 0.717) is 10.1 Å². The number of anilines is 1. The first-order valence-electron chi connectivity index (χ1n) is 2.22. The van der Waals surface area contributed by atoms with Crippen LogP contribution in [0.3, 0.4) is 0 Å². The fraction of sp³-hybridized carbons (Fsp3) is 0.333. The van der Waals surface area contributed by atoms with Gasteiger partial charge in [0, 0.05) is 0 Å². The van der Waals surface area contributed by atoms with E-state index in [1.165, 1.54) is 11.3 Å². The van der Waals surface area contributed by atoms with E-state index in [4.69, 9.17) is 11.6 Å². The van der Waals surface area contributed by atoms with Crippen LogP contribution in [0.5, 0.6) is 0 Å². The molecule has 0 aromatic carbocycles. The highest BCUT2D eigenvalue weighted by Gasteiger charge is 1.97. The molecule has 50 valence electrons. The van der Waals surface area contributed by atoms with Crippen LogP contribution in [0.15, 0.2) is 0 Å². The van der Waals surface area contributed by atoms with Gasteiger partial charge in [0.25, 0.3) is 0 Å². The predicted molar refractivity (Wildman–Crippen MR) is 33.3 cm³/mol. The van der Waals surface area contributed by atoms with Crippen LogP contribution in [0, 0.1) is 0 Å². The highest BCUT2D eigenvalue weighted by molar-refractivity contribution is 7.15. The molecule has 1 rings (SSSR count). The Bertz CT molecular complexity index is 188. The van der Waals surface area contributed by atoms with E-state index < -0.39 is 0 Å². The first-order chi connectivity index (χ1) is 4.33. The molecule has 0 aliphatic rings. The quantitative estimate of drug-likeness (QED) is 0.550. The van der Waals surface area contributed by atoms with E-state index in [-0.39, 0.29) is 6.61 Å². The van der Waals surface area contributed by atoms with Crippen molar-refractivity contribution in [1.82, 2.24) is 10.2 Å². The molecule has 0 saturated carbocycles. The number of rotatable bonds is 2. The molecule has 0 amide bonds. The van der Waals surface area contributed by atoms with Crippen molar-refractivity contribution in [3.63, 3.8) is 0 Å². The van der Waals surface area contributed by atoms with E-state index in [0.717, 1.165) is 0 Å². The number of nitrogens with two attached hydrogens (primary N) is 2. The van der Waals surface area contributed by atoms with Gasteiger partial charge in [0.05, 0.1) is 0 Å². The summed E-state index contributed by atoms with van der Waals surface area (Å²) in [5.41, 5.74) is 5.26. The van der Waals surface area contributed by atoms with Crippen molar-refractivity contribution in [3.05, 3.63) is 5.01 Å². The summed E-state index contributed by atoms with van der Waals surface area (Å²) in [6.45, 7) is 0.273. The van der Waals surface area contributed by atoms with E-state index in [1.807, 2.05) is 0 Å². The first-order valence-corrected chi connectivity index (χ1v) is 3.04. The van der Waals surface area contributed by atoms with Gasteiger partial charge in [-0.25, -0.2) is 5.90 Å². The second kappa shape index (κ2) is 2.72. The third-order valence-corrected chi connectivity index (χ3v) is 1.42. The molecule has 0 saturated heterocycles. The highest BCUT2D eigenvalue weighted by Crippen LogP contribution is 2.10. The van der Waals surface area contributed by atoms with Crippen molar-refractivity contribution in [2.24, 2.45) is 5.90 Å². The molecule has 6 heteroatoms. The van der Waals surface area contributed by atoms with Gasteiger partial charge in [-0.1, -0.05) is 11.3 Å². The van der Waals surface area contributed by atoms with Crippen molar-refractivity contribution < 1.29 is 4.84 Å². The Morgan fingerprint density at radius 1 is 1.56 bits per heavy atom. The second-order valence-electron chi connectivity index (χ2n) is 1.35. The van der Waals surface area contributed by atoms with Gasteiger partial charge in [-0.3, -0.25) is 4.84 Å². The fourth-order valence-electron chi connectivity index (χ4n) is 0.396. The van der Waals surface area contributed by atoms with Gasteiger partial charge < -0.3 is 5.73 Å². The normalized spacial score (nSPS) is 9.89. The molecule has 0 aliphatic heterocycles. The Kier molecular flexibility index (Phi) is 1.93. The van der Waals surface area contributed by atoms with Gasteiger partial charge in [-0.05, 0) is 0 Å². The van der Waals surface area contributed by atoms with Crippen LogP contribution in [0.2, 0.25) is 0 Å². The lowest BCUT2D eigenvalue weighted by Gasteiger charge is -1.85. The maximum Gasteiger partial charge on any atom is 0.203 e. The molecule has 0 spiro atoms. The summed E-state index contributed by atoms with van der Waals surface area (Å²) in [6.07, 6.45) is 0. The van der Waals surface area contributed by atoms with Crippen molar-refractivity contribution in [2.75, 3.05) is 5.73 Å². The third kappa shape index (κ3) is 1.60. The minimum atomic E-state index is 0.273. The summed E-state index contributed by atoms with van der Waals surface area (Å²) in [6, 6.07) is 0. The topological polar surface area (TPSA) is 87.0 Å². The molecule has 0 unspecified atom stereocenters. The lowest BCUT2D eigenvalue weighted by molar-refractivity contribution is 0.123. The Morgan fingerprint density at radius 3 is 2.78 bits per heavy atom. The average molecular weight is 146 g/mol. The molecule has 0 bridgehead atoms. The maximum absolute atomic E-state index is 5.26. The molecular weight excluding hydrogens is 140 g/mol. The molecule has 5 nitrogen and oxygen atoms in total. The first kappa shape index (κ1) is 6.40. The van der Waals surface area contributed by atoms with Crippen molar-refractivity contribution in [1.29, 1.82) is 0 Å². The van der Waals surface area contributed by atoms with E-state index >= 15 is 0 Å². The van der Waals surface area contributed by atoms with E-state index in [2.05, 4.69) is 15.0 Å². The van der Waals surface area contributed by atoms with Gasteiger partial charge in [0.15, 0.2) is 0 Å². The molecule has 0 atom stereocenters. The van der Waals surface area contributed by atoms with Gasteiger partial charge in [0.2, 0.25) is 5.13 Å². The zero-order valence-electron chi connectivity index (χ0n) is 4.57. The fourth-order valence-corrected chi connectivity index (χ4v) is 0.928. The molecule has 1 aromatic rings. The predicted octanol–water partition coefficient (Wildman–Crippen LogP) is -0.489. The summed E-state index contributed by atoms with van der Waals surface area (Å²) in [5.74, 6) is 4.77. The van der Waals surface area contributed by atoms with Crippen LogP contribution in [-0.4, -0.2) is 10.2 Å². The van der Waals surface area contributed by atoms with Crippen LogP contribution < -0.4 is 11.6 Å². The maximum atomic E-state index is 5.26. The minimum Gasteiger partial charge on any atom is -0.374 e. The summed E-state index contributed by atoms with van der Waals surface area (Å²) in [5, 5.41) is 8.31. The SMILES string of the molecule is NOCc1nnc(N)s1. The minimum absolute atomic E-state index is 0.273. The van der Waals surface area contributed by atoms with Gasteiger partial charge in [-0.2, -0.15) is 0 Å². The largest absolute Gasteiger partial charge is 0.374 e. The van der Waals surface area contributed by atoms with Crippen LogP contribution >= 0.6 is 11.3 Å². The molecular formula is C3H6N4OS.